The van der Waals surface area contributed by atoms with Crippen LogP contribution in [-0.4, -0.2) is 65.6 Å². The molecule has 0 N–H and O–H groups in total. The predicted molar refractivity (Wildman–Crippen MR) is 99.4 cm³/mol. The third kappa shape index (κ3) is 3.37. The number of piperazine rings is 1. The first kappa shape index (κ1) is 17.5. The first-order valence-electron chi connectivity index (χ1n) is 9.13. The number of carbonyl (C=O) groups is 2. The second-order valence-electron chi connectivity index (χ2n) is 6.96. The largest absolute Gasteiger partial charge is 0.486 e. The smallest absolute Gasteiger partial charge is 0.255 e. The zero-order valence-electron chi connectivity index (χ0n) is 15.6. The van der Waals surface area contributed by atoms with Gasteiger partial charge >= 0.3 is 0 Å². The van der Waals surface area contributed by atoms with Gasteiger partial charge < -0.3 is 23.8 Å². The molecule has 1 aromatic carbocycles. The SMILES string of the molecule is Cc1cc2c(cc1C(=O)N1CCN(C(=O)c3ccn(C)c3)CC1)OCCO2. The fraction of sp³-hybridized carbons (Fsp3) is 0.400. The summed E-state index contributed by atoms with van der Waals surface area (Å²) in [5.41, 5.74) is 2.18. The van der Waals surface area contributed by atoms with Gasteiger partial charge in [0.2, 0.25) is 0 Å². The number of ether oxygens (including phenoxy) is 2. The highest BCUT2D eigenvalue weighted by molar-refractivity contribution is 5.97. The molecular formula is C20H23N3O4. The summed E-state index contributed by atoms with van der Waals surface area (Å²) in [6.45, 7) is 5.02. The predicted octanol–water partition coefficient (Wildman–Crippen LogP) is 1.70. The molecule has 4 rings (SSSR count). The van der Waals surface area contributed by atoms with E-state index in [1.165, 1.54) is 0 Å². The Balaban J connectivity index is 1.44. The van der Waals surface area contributed by atoms with Gasteiger partial charge in [-0.15, -0.1) is 0 Å². The highest BCUT2D eigenvalue weighted by Crippen LogP contribution is 2.33. The Bertz CT molecular complexity index is 881. The van der Waals surface area contributed by atoms with Crippen LogP contribution in [0.2, 0.25) is 0 Å². The Kier molecular flexibility index (Phi) is 4.51. The number of hydrogen-bond donors (Lipinski definition) is 0. The summed E-state index contributed by atoms with van der Waals surface area (Å²) in [7, 11) is 1.89. The van der Waals surface area contributed by atoms with Crippen molar-refractivity contribution in [3.63, 3.8) is 0 Å². The van der Waals surface area contributed by atoms with Gasteiger partial charge in [0.15, 0.2) is 11.5 Å². The molecule has 0 atom stereocenters. The molecule has 2 aliphatic heterocycles. The summed E-state index contributed by atoms with van der Waals surface area (Å²) in [5.74, 6) is 1.29. The second-order valence-corrected chi connectivity index (χ2v) is 6.96. The minimum atomic E-state index is -0.0312. The van der Waals surface area contributed by atoms with Gasteiger partial charge in [-0.1, -0.05) is 0 Å². The molecule has 0 aliphatic carbocycles. The zero-order chi connectivity index (χ0) is 19.0. The van der Waals surface area contributed by atoms with Crippen molar-refractivity contribution in [1.82, 2.24) is 14.4 Å². The van der Waals surface area contributed by atoms with Gasteiger partial charge in [0.1, 0.15) is 13.2 Å². The fourth-order valence-corrected chi connectivity index (χ4v) is 3.52. The minimum Gasteiger partial charge on any atom is -0.486 e. The van der Waals surface area contributed by atoms with Crippen molar-refractivity contribution >= 4 is 11.8 Å². The monoisotopic (exact) mass is 369 g/mol. The number of aryl methyl sites for hydroxylation is 2. The highest BCUT2D eigenvalue weighted by Gasteiger charge is 2.27. The van der Waals surface area contributed by atoms with Crippen LogP contribution in [0.4, 0.5) is 0 Å². The van der Waals surface area contributed by atoms with Gasteiger partial charge in [-0.25, -0.2) is 0 Å². The second kappa shape index (κ2) is 6.98. The minimum absolute atomic E-state index is 0.0122. The molecule has 0 spiro atoms. The number of benzene rings is 1. The van der Waals surface area contributed by atoms with E-state index in [9.17, 15) is 9.59 Å². The maximum absolute atomic E-state index is 13.0. The van der Waals surface area contributed by atoms with Crippen LogP contribution in [0.25, 0.3) is 0 Å². The number of amides is 2. The molecule has 7 heteroatoms. The lowest BCUT2D eigenvalue weighted by molar-refractivity contribution is 0.0534. The van der Waals surface area contributed by atoms with E-state index >= 15 is 0 Å². The number of rotatable bonds is 2. The van der Waals surface area contributed by atoms with E-state index in [-0.39, 0.29) is 11.8 Å². The standard InChI is InChI=1S/C20H23N3O4/c1-14-11-17-18(27-10-9-26-17)12-16(14)20(25)23-7-5-22(6-8-23)19(24)15-3-4-21(2)13-15/h3-4,11-13H,5-10H2,1-2H3. The third-order valence-corrected chi connectivity index (χ3v) is 5.05. The normalized spacial score (nSPS) is 16.4. The molecule has 3 heterocycles. The molecule has 1 fully saturated rings. The molecule has 142 valence electrons. The van der Waals surface area contributed by atoms with Gasteiger partial charge in [-0.2, -0.15) is 0 Å². The van der Waals surface area contributed by atoms with Crippen LogP contribution in [0, 0.1) is 6.92 Å². The van der Waals surface area contributed by atoms with Crippen LogP contribution >= 0.6 is 0 Å². The molecule has 0 radical (unpaired) electrons. The maximum Gasteiger partial charge on any atom is 0.255 e. The van der Waals surface area contributed by atoms with E-state index < -0.39 is 0 Å². The van der Waals surface area contributed by atoms with Crippen LogP contribution in [0.3, 0.4) is 0 Å². The fourth-order valence-electron chi connectivity index (χ4n) is 3.52. The van der Waals surface area contributed by atoms with Gasteiger partial charge in [0, 0.05) is 51.2 Å². The Labute approximate surface area is 158 Å². The average Bonchev–Trinajstić information content (AvgIpc) is 3.13. The van der Waals surface area contributed by atoms with Crippen LogP contribution in [-0.2, 0) is 7.05 Å². The molecule has 0 unspecified atom stereocenters. The first-order valence-corrected chi connectivity index (χ1v) is 9.13. The van der Waals surface area contributed by atoms with E-state index in [4.69, 9.17) is 9.47 Å². The molecule has 0 bridgehead atoms. The van der Waals surface area contributed by atoms with Gasteiger partial charge in [-0.3, -0.25) is 9.59 Å². The summed E-state index contributed by atoms with van der Waals surface area (Å²) < 4.78 is 13.0. The lowest BCUT2D eigenvalue weighted by atomic mass is 10.1. The number of hydrogen-bond acceptors (Lipinski definition) is 4. The van der Waals surface area contributed by atoms with Crippen LogP contribution < -0.4 is 9.47 Å². The highest BCUT2D eigenvalue weighted by atomic mass is 16.6. The van der Waals surface area contributed by atoms with E-state index in [1.54, 1.807) is 15.9 Å². The van der Waals surface area contributed by atoms with E-state index in [0.717, 1.165) is 5.56 Å². The molecule has 1 aromatic heterocycles. The Morgan fingerprint density at radius 1 is 0.926 bits per heavy atom. The van der Waals surface area contributed by atoms with Crippen molar-refractivity contribution in [3.8, 4) is 11.5 Å². The molecule has 2 amide bonds. The Hall–Kier alpha value is -2.96. The van der Waals surface area contributed by atoms with Crippen molar-refractivity contribution in [3.05, 3.63) is 47.3 Å². The summed E-state index contributed by atoms with van der Waals surface area (Å²) in [6.07, 6.45) is 3.68. The van der Waals surface area contributed by atoms with E-state index in [1.807, 2.05) is 43.1 Å². The molecule has 0 saturated carbocycles. The lowest BCUT2D eigenvalue weighted by Gasteiger charge is -2.35. The quantitative estimate of drug-likeness (QED) is 0.808. The number of aromatic nitrogens is 1. The van der Waals surface area contributed by atoms with Crippen molar-refractivity contribution in [2.24, 2.45) is 7.05 Å². The molecule has 27 heavy (non-hydrogen) atoms. The number of carbonyl (C=O) groups excluding carboxylic acids is 2. The van der Waals surface area contributed by atoms with Crippen LogP contribution in [0.5, 0.6) is 11.5 Å². The Morgan fingerprint density at radius 2 is 1.52 bits per heavy atom. The molecule has 2 aromatic rings. The van der Waals surface area contributed by atoms with Crippen molar-refractivity contribution < 1.29 is 19.1 Å². The van der Waals surface area contributed by atoms with Crippen LogP contribution in [0.15, 0.2) is 30.6 Å². The van der Waals surface area contributed by atoms with Crippen molar-refractivity contribution in [2.75, 3.05) is 39.4 Å². The van der Waals surface area contributed by atoms with E-state index in [2.05, 4.69) is 0 Å². The van der Waals surface area contributed by atoms with Crippen molar-refractivity contribution in [1.29, 1.82) is 0 Å². The van der Waals surface area contributed by atoms with E-state index in [0.29, 0.717) is 62.0 Å². The van der Waals surface area contributed by atoms with Gasteiger partial charge in [0.05, 0.1) is 5.56 Å². The first-order chi connectivity index (χ1) is 13.0. The van der Waals surface area contributed by atoms with Gasteiger partial charge in [0.25, 0.3) is 11.8 Å². The summed E-state index contributed by atoms with van der Waals surface area (Å²) in [5, 5.41) is 0. The molecule has 7 nitrogen and oxygen atoms in total. The topological polar surface area (TPSA) is 64.0 Å². The lowest BCUT2D eigenvalue weighted by Crippen LogP contribution is -2.50. The maximum atomic E-state index is 13.0. The summed E-state index contributed by atoms with van der Waals surface area (Å²) >= 11 is 0. The molecule has 2 aliphatic rings. The number of nitrogens with zero attached hydrogens (tertiary/aromatic N) is 3. The van der Waals surface area contributed by atoms with Gasteiger partial charge in [-0.05, 0) is 30.7 Å². The molecule has 1 saturated heterocycles. The third-order valence-electron chi connectivity index (χ3n) is 5.05. The van der Waals surface area contributed by atoms with Crippen LogP contribution in [0.1, 0.15) is 26.3 Å². The molecular weight excluding hydrogens is 346 g/mol. The summed E-state index contributed by atoms with van der Waals surface area (Å²) in [4.78, 5) is 29.1. The average molecular weight is 369 g/mol. The summed E-state index contributed by atoms with van der Waals surface area (Å²) in [6, 6.07) is 5.45. The Morgan fingerprint density at radius 3 is 2.11 bits per heavy atom. The van der Waals surface area contributed by atoms with Crippen molar-refractivity contribution in [2.45, 2.75) is 6.92 Å². The zero-order valence-corrected chi connectivity index (χ0v) is 15.6. The number of fused-ring (bicyclic) bond motifs is 1.